The molecule has 0 radical (unpaired) electrons. The van der Waals surface area contributed by atoms with Crippen molar-refractivity contribution in [3.63, 3.8) is 0 Å². The SMILES string of the molecule is O=C1CC(Cl)CN1c1ccc(OC(F)F)cc1. The quantitative estimate of drug-likeness (QED) is 0.783. The first kappa shape index (κ1) is 12.1. The van der Waals surface area contributed by atoms with Gasteiger partial charge in [0.2, 0.25) is 5.91 Å². The molecule has 0 saturated carbocycles. The van der Waals surface area contributed by atoms with Crippen molar-refractivity contribution in [2.24, 2.45) is 0 Å². The first-order chi connectivity index (χ1) is 8.06. The molecule has 1 atom stereocenters. The van der Waals surface area contributed by atoms with Gasteiger partial charge in [0.15, 0.2) is 0 Å². The Morgan fingerprint density at radius 1 is 1.35 bits per heavy atom. The summed E-state index contributed by atoms with van der Waals surface area (Å²) in [7, 11) is 0. The van der Waals surface area contributed by atoms with Crippen LogP contribution in [0.1, 0.15) is 6.42 Å². The van der Waals surface area contributed by atoms with E-state index in [0.717, 1.165) is 0 Å². The lowest BCUT2D eigenvalue weighted by atomic mass is 10.3. The number of hydrogen-bond acceptors (Lipinski definition) is 2. The van der Waals surface area contributed by atoms with Crippen molar-refractivity contribution in [3.8, 4) is 5.75 Å². The molecule has 1 aromatic rings. The molecular formula is C11H10ClF2NO2. The van der Waals surface area contributed by atoms with Crippen LogP contribution >= 0.6 is 11.6 Å². The van der Waals surface area contributed by atoms with E-state index in [2.05, 4.69) is 4.74 Å². The fraction of sp³-hybridized carbons (Fsp3) is 0.364. The summed E-state index contributed by atoms with van der Waals surface area (Å²) in [4.78, 5) is 13.1. The van der Waals surface area contributed by atoms with Crippen molar-refractivity contribution >= 4 is 23.2 Å². The largest absolute Gasteiger partial charge is 0.435 e. The van der Waals surface area contributed by atoms with Crippen molar-refractivity contribution < 1.29 is 18.3 Å². The number of rotatable bonds is 3. The second-order valence-corrected chi connectivity index (χ2v) is 4.30. The van der Waals surface area contributed by atoms with Crippen LogP contribution in [0.15, 0.2) is 24.3 Å². The van der Waals surface area contributed by atoms with E-state index in [4.69, 9.17) is 11.6 Å². The third kappa shape index (κ3) is 2.85. The van der Waals surface area contributed by atoms with E-state index in [0.29, 0.717) is 18.7 Å². The van der Waals surface area contributed by atoms with Gasteiger partial charge in [-0.15, -0.1) is 11.6 Å². The number of ether oxygens (including phenoxy) is 1. The van der Waals surface area contributed by atoms with Crippen LogP contribution in [0.25, 0.3) is 0 Å². The second-order valence-electron chi connectivity index (χ2n) is 3.68. The van der Waals surface area contributed by atoms with E-state index >= 15 is 0 Å². The predicted molar refractivity (Wildman–Crippen MR) is 59.7 cm³/mol. The molecule has 6 heteroatoms. The van der Waals surface area contributed by atoms with Gasteiger partial charge in [-0.2, -0.15) is 8.78 Å². The summed E-state index contributed by atoms with van der Waals surface area (Å²) in [6, 6.07) is 5.92. The van der Waals surface area contributed by atoms with Gasteiger partial charge in [0, 0.05) is 18.7 Å². The lowest BCUT2D eigenvalue weighted by Gasteiger charge is -2.16. The molecule has 0 aromatic heterocycles. The molecule has 1 unspecified atom stereocenters. The standard InChI is InChI=1S/C11H10ClF2NO2/c12-7-5-10(16)15(6-7)8-1-3-9(4-2-8)17-11(13)14/h1-4,7,11H,5-6H2. The van der Waals surface area contributed by atoms with Crippen LogP contribution in [0.4, 0.5) is 14.5 Å². The molecule has 1 heterocycles. The van der Waals surface area contributed by atoms with Crippen molar-refractivity contribution in [2.45, 2.75) is 18.4 Å². The zero-order valence-corrected chi connectivity index (χ0v) is 9.53. The van der Waals surface area contributed by atoms with Crippen LogP contribution in [0.5, 0.6) is 5.75 Å². The summed E-state index contributed by atoms with van der Waals surface area (Å²) in [6.45, 7) is -2.41. The molecule has 17 heavy (non-hydrogen) atoms. The summed E-state index contributed by atoms with van der Waals surface area (Å²) in [5.74, 6) is 0.00495. The van der Waals surface area contributed by atoms with Gasteiger partial charge >= 0.3 is 6.61 Å². The summed E-state index contributed by atoms with van der Waals surface area (Å²) in [5.41, 5.74) is 0.639. The first-order valence-corrected chi connectivity index (χ1v) is 5.49. The van der Waals surface area contributed by atoms with Gasteiger partial charge in [0.25, 0.3) is 0 Å². The Bertz CT molecular complexity index is 410. The number of nitrogens with zero attached hydrogens (tertiary/aromatic N) is 1. The normalized spacial score (nSPS) is 20.1. The van der Waals surface area contributed by atoms with Gasteiger partial charge in [-0.3, -0.25) is 4.79 Å². The average Bonchev–Trinajstić information content (AvgIpc) is 2.58. The molecular weight excluding hydrogens is 252 g/mol. The Kier molecular flexibility index (Phi) is 3.47. The molecule has 2 rings (SSSR count). The fourth-order valence-corrected chi connectivity index (χ4v) is 1.99. The Morgan fingerprint density at radius 3 is 2.47 bits per heavy atom. The maximum absolute atomic E-state index is 11.9. The molecule has 0 N–H and O–H groups in total. The zero-order valence-electron chi connectivity index (χ0n) is 8.78. The van der Waals surface area contributed by atoms with Gasteiger partial charge < -0.3 is 9.64 Å². The van der Waals surface area contributed by atoms with E-state index in [-0.39, 0.29) is 17.0 Å². The van der Waals surface area contributed by atoms with Crippen LogP contribution in [0, 0.1) is 0 Å². The highest BCUT2D eigenvalue weighted by Crippen LogP contribution is 2.26. The van der Waals surface area contributed by atoms with E-state index < -0.39 is 6.61 Å². The molecule has 1 aromatic carbocycles. The Balaban J connectivity index is 2.10. The fourth-order valence-electron chi connectivity index (χ4n) is 1.72. The third-order valence-electron chi connectivity index (χ3n) is 2.45. The van der Waals surface area contributed by atoms with Gasteiger partial charge in [-0.25, -0.2) is 0 Å². The number of halogens is 3. The molecule has 0 bridgehead atoms. The lowest BCUT2D eigenvalue weighted by Crippen LogP contribution is -2.24. The molecule has 1 saturated heterocycles. The topological polar surface area (TPSA) is 29.5 Å². The minimum absolute atomic E-state index is 0.0625. The van der Waals surface area contributed by atoms with Crippen molar-refractivity contribution in [1.82, 2.24) is 0 Å². The molecule has 1 aliphatic heterocycles. The van der Waals surface area contributed by atoms with Crippen molar-refractivity contribution in [2.75, 3.05) is 11.4 Å². The van der Waals surface area contributed by atoms with Crippen LogP contribution in [0.3, 0.4) is 0 Å². The number of hydrogen-bond donors (Lipinski definition) is 0. The molecule has 0 aliphatic carbocycles. The first-order valence-electron chi connectivity index (χ1n) is 5.05. The second kappa shape index (κ2) is 4.87. The maximum Gasteiger partial charge on any atom is 0.387 e. The average molecular weight is 262 g/mol. The minimum atomic E-state index is -2.85. The predicted octanol–water partition coefficient (Wildman–Crippen LogP) is 2.63. The number of carbonyl (C=O) groups excluding carboxylic acids is 1. The van der Waals surface area contributed by atoms with Gasteiger partial charge in [-0.1, -0.05) is 0 Å². The maximum atomic E-state index is 11.9. The van der Waals surface area contributed by atoms with Gasteiger partial charge in [0.05, 0.1) is 5.38 Å². The molecule has 92 valence electrons. The van der Waals surface area contributed by atoms with E-state index in [1.807, 2.05) is 0 Å². The lowest BCUT2D eigenvalue weighted by molar-refractivity contribution is -0.117. The molecule has 1 amide bonds. The number of amides is 1. The molecule has 0 spiro atoms. The monoisotopic (exact) mass is 261 g/mol. The van der Waals surface area contributed by atoms with Crippen LogP contribution in [-0.4, -0.2) is 24.4 Å². The highest BCUT2D eigenvalue weighted by atomic mass is 35.5. The Hall–Kier alpha value is -1.36. The van der Waals surface area contributed by atoms with E-state index in [9.17, 15) is 13.6 Å². The van der Waals surface area contributed by atoms with Crippen LogP contribution in [0.2, 0.25) is 0 Å². The summed E-state index contributed by atoms with van der Waals surface area (Å²) in [6.07, 6.45) is 0.302. The third-order valence-corrected chi connectivity index (χ3v) is 2.74. The highest BCUT2D eigenvalue weighted by molar-refractivity contribution is 6.24. The smallest absolute Gasteiger partial charge is 0.387 e. The van der Waals surface area contributed by atoms with E-state index in [1.54, 1.807) is 12.1 Å². The zero-order chi connectivity index (χ0) is 12.4. The summed E-state index contributed by atoms with van der Waals surface area (Å²) < 4.78 is 28.1. The molecule has 3 nitrogen and oxygen atoms in total. The van der Waals surface area contributed by atoms with Crippen LogP contribution in [-0.2, 0) is 4.79 Å². The Morgan fingerprint density at radius 2 is 2.00 bits per heavy atom. The number of benzene rings is 1. The Labute approximate surface area is 102 Å². The van der Waals surface area contributed by atoms with Crippen molar-refractivity contribution in [1.29, 1.82) is 0 Å². The number of anilines is 1. The van der Waals surface area contributed by atoms with Gasteiger partial charge in [-0.05, 0) is 24.3 Å². The van der Waals surface area contributed by atoms with Crippen LogP contribution < -0.4 is 9.64 Å². The number of alkyl halides is 3. The molecule has 1 fully saturated rings. The number of carbonyl (C=O) groups is 1. The van der Waals surface area contributed by atoms with Crippen molar-refractivity contribution in [3.05, 3.63) is 24.3 Å². The summed E-state index contributed by atoms with van der Waals surface area (Å²) in [5, 5.41) is -0.195. The van der Waals surface area contributed by atoms with E-state index in [1.165, 1.54) is 17.0 Å². The minimum Gasteiger partial charge on any atom is -0.435 e. The highest BCUT2D eigenvalue weighted by Gasteiger charge is 2.28. The summed E-state index contributed by atoms with van der Waals surface area (Å²) >= 11 is 5.87. The molecule has 1 aliphatic rings. The van der Waals surface area contributed by atoms with Gasteiger partial charge in [0.1, 0.15) is 5.75 Å².